The van der Waals surface area contributed by atoms with Gasteiger partial charge in [-0.15, -0.1) is 0 Å². The van der Waals surface area contributed by atoms with E-state index in [4.69, 9.17) is 9.84 Å². The highest BCUT2D eigenvalue weighted by atomic mass is 16.6. The number of aliphatic hydroxyl groups is 6. The smallest absolute Gasteiger partial charge is 0.303 e. The van der Waals surface area contributed by atoms with Crippen LogP contribution >= 0.6 is 0 Å². The van der Waals surface area contributed by atoms with E-state index in [1.807, 2.05) is 5.32 Å². The molecule has 0 bridgehead atoms. The number of rotatable bonds is 9. The number of hydrogen-bond acceptors (Lipinski definition) is 8. The van der Waals surface area contributed by atoms with Gasteiger partial charge >= 0.3 is 5.79 Å². The molecule has 9 heteroatoms. The van der Waals surface area contributed by atoms with E-state index in [1.54, 1.807) is 0 Å². The van der Waals surface area contributed by atoms with E-state index in [-0.39, 0.29) is 32.8 Å². The average molecular weight is 283 g/mol. The van der Waals surface area contributed by atoms with E-state index in [0.717, 1.165) is 0 Å². The maximum Gasteiger partial charge on any atom is 0.303 e. The largest absolute Gasteiger partial charge is 0.394 e. The molecular weight excluding hydrogens is 262 g/mol. The van der Waals surface area contributed by atoms with Gasteiger partial charge in [0.15, 0.2) is 0 Å². The number of carbonyl (C=O) groups is 1. The van der Waals surface area contributed by atoms with Crippen LogP contribution in [0, 0.1) is 0 Å². The van der Waals surface area contributed by atoms with Gasteiger partial charge < -0.3 is 40.7 Å². The maximum atomic E-state index is 11.4. The lowest BCUT2D eigenvalue weighted by Gasteiger charge is -2.36. The van der Waals surface area contributed by atoms with Crippen LogP contribution in [-0.4, -0.2) is 80.6 Å². The lowest BCUT2D eigenvalue weighted by Crippen LogP contribution is -2.68. The van der Waals surface area contributed by atoms with E-state index >= 15 is 0 Å². The summed E-state index contributed by atoms with van der Waals surface area (Å²) in [6.07, 6.45) is -2.12. The van der Waals surface area contributed by atoms with Crippen LogP contribution in [0.5, 0.6) is 0 Å². The van der Waals surface area contributed by atoms with Gasteiger partial charge in [0.1, 0.15) is 6.10 Å². The van der Waals surface area contributed by atoms with Crippen molar-refractivity contribution >= 4 is 5.91 Å². The fourth-order valence-corrected chi connectivity index (χ4v) is 1.21. The molecule has 1 amide bonds. The number of hydrogen-bond donors (Lipinski definition) is 7. The molecule has 0 aromatic heterocycles. The number of ether oxygens (including phenoxy) is 1. The monoisotopic (exact) mass is 283 g/mol. The molecular formula is C10H21NO8. The number of carbonyl (C=O) groups excluding carboxylic acids is 1. The molecule has 0 heterocycles. The first-order chi connectivity index (χ1) is 8.71. The fourth-order valence-electron chi connectivity index (χ4n) is 1.21. The number of nitrogens with one attached hydrogen (secondary N) is 1. The SMILES string of the molecule is CCC(O)C(O)(O)C(O)(O)C(=O)NCCOCCO. The van der Waals surface area contributed by atoms with E-state index in [2.05, 4.69) is 0 Å². The van der Waals surface area contributed by atoms with Gasteiger partial charge in [-0.1, -0.05) is 6.92 Å². The Morgan fingerprint density at radius 2 is 1.84 bits per heavy atom. The summed E-state index contributed by atoms with van der Waals surface area (Å²) >= 11 is 0. The molecule has 0 radical (unpaired) electrons. The number of aliphatic hydroxyl groups excluding tert-OH is 2. The molecule has 0 aliphatic heterocycles. The summed E-state index contributed by atoms with van der Waals surface area (Å²) in [6.45, 7) is 1.07. The van der Waals surface area contributed by atoms with Gasteiger partial charge in [0.2, 0.25) is 0 Å². The van der Waals surface area contributed by atoms with Gasteiger partial charge in [-0.3, -0.25) is 4.79 Å². The van der Waals surface area contributed by atoms with Crippen molar-refractivity contribution in [2.75, 3.05) is 26.4 Å². The topological polar surface area (TPSA) is 160 Å². The molecule has 0 rings (SSSR count). The summed E-state index contributed by atoms with van der Waals surface area (Å²) in [7, 11) is 0. The van der Waals surface area contributed by atoms with E-state index in [9.17, 15) is 30.3 Å². The molecule has 0 aliphatic carbocycles. The second kappa shape index (κ2) is 7.70. The Hall–Kier alpha value is -0.810. The van der Waals surface area contributed by atoms with Crippen LogP contribution in [0.25, 0.3) is 0 Å². The summed E-state index contributed by atoms with van der Waals surface area (Å²) in [5, 5.41) is 57.3. The minimum Gasteiger partial charge on any atom is -0.394 e. The molecule has 0 aromatic rings. The van der Waals surface area contributed by atoms with Crippen molar-refractivity contribution in [1.29, 1.82) is 0 Å². The third-order valence-electron chi connectivity index (χ3n) is 2.45. The first-order valence-corrected chi connectivity index (χ1v) is 5.76. The molecule has 0 spiro atoms. The highest BCUT2D eigenvalue weighted by Crippen LogP contribution is 2.23. The molecule has 0 aliphatic rings. The Labute approximate surface area is 110 Å². The molecule has 1 atom stereocenters. The normalized spacial score (nSPS) is 14.3. The van der Waals surface area contributed by atoms with Crippen molar-refractivity contribution in [3.8, 4) is 0 Å². The van der Waals surface area contributed by atoms with Crippen molar-refractivity contribution in [2.24, 2.45) is 0 Å². The molecule has 1 unspecified atom stereocenters. The summed E-state index contributed by atoms with van der Waals surface area (Å²) in [6, 6.07) is 0. The third-order valence-corrected chi connectivity index (χ3v) is 2.45. The second-order valence-corrected chi connectivity index (χ2v) is 3.91. The van der Waals surface area contributed by atoms with Crippen LogP contribution in [0.15, 0.2) is 0 Å². The van der Waals surface area contributed by atoms with Crippen LogP contribution in [-0.2, 0) is 9.53 Å². The lowest BCUT2D eigenvalue weighted by atomic mass is 9.97. The van der Waals surface area contributed by atoms with Gasteiger partial charge in [-0.25, -0.2) is 0 Å². The van der Waals surface area contributed by atoms with Crippen molar-refractivity contribution < 1.29 is 40.2 Å². The standard InChI is InChI=1S/C10H21NO8/c1-2-7(13)9(15,16)10(17,18)8(14)11-3-5-19-6-4-12/h7,12-13,15-18H,2-6H2,1H3,(H,11,14). The van der Waals surface area contributed by atoms with Crippen LogP contribution in [0.1, 0.15) is 13.3 Å². The van der Waals surface area contributed by atoms with Crippen molar-refractivity contribution in [1.82, 2.24) is 5.32 Å². The van der Waals surface area contributed by atoms with Gasteiger partial charge in [-0.2, -0.15) is 0 Å². The minimum atomic E-state index is -3.57. The van der Waals surface area contributed by atoms with Crippen molar-refractivity contribution in [3.63, 3.8) is 0 Å². The zero-order valence-corrected chi connectivity index (χ0v) is 10.6. The first kappa shape index (κ1) is 18.2. The molecule has 9 nitrogen and oxygen atoms in total. The van der Waals surface area contributed by atoms with E-state index in [0.29, 0.717) is 0 Å². The van der Waals surface area contributed by atoms with E-state index < -0.39 is 23.6 Å². The summed E-state index contributed by atoms with van der Waals surface area (Å²) in [5.74, 6) is -8.46. The predicted molar refractivity (Wildman–Crippen MR) is 61.5 cm³/mol. The molecule has 0 aromatic carbocycles. The van der Waals surface area contributed by atoms with Gasteiger partial charge in [0.25, 0.3) is 11.7 Å². The molecule has 0 saturated carbocycles. The third kappa shape index (κ3) is 4.66. The average Bonchev–Trinajstić information content (AvgIpc) is 2.36. The maximum absolute atomic E-state index is 11.4. The highest BCUT2D eigenvalue weighted by molar-refractivity contribution is 5.84. The Morgan fingerprint density at radius 1 is 1.26 bits per heavy atom. The summed E-state index contributed by atoms with van der Waals surface area (Å²) in [4.78, 5) is 11.4. The predicted octanol–water partition coefficient (Wildman–Crippen LogP) is -3.76. The van der Waals surface area contributed by atoms with Crippen LogP contribution < -0.4 is 5.32 Å². The van der Waals surface area contributed by atoms with Crippen molar-refractivity contribution in [2.45, 2.75) is 31.0 Å². The molecule has 19 heavy (non-hydrogen) atoms. The minimum absolute atomic E-state index is 0.0113. The zero-order chi connectivity index (χ0) is 15.1. The van der Waals surface area contributed by atoms with Crippen LogP contribution in [0.2, 0.25) is 0 Å². The fraction of sp³-hybridized carbons (Fsp3) is 0.900. The Balaban J connectivity index is 4.42. The Bertz CT molecular complexity index is 281. The number of amides is 1. The van der Waals surface area contributed by atoms with Gasteiger partial charge in [0.05, 0.1) is 19.8 Å². The Morgan fingerprint density at radius 3 is 2.32 bits per heavy atom. The highest BCUT2D eigenvalue weighted by Gasteiger charge is 2.57. The zero-order valence-electron chi connectivity index (χ0n) is 10.6. The molecule has 0 fully saturated rings. The molecule has 7 N–H and O–H groups in total. The first-order valence-electron chi connectivity index (χ1n) is 5.76. The summed E-state index contributed by atoms with van der Waals surface area (Å²) in [5.41, 5.74) is 0. The van der Waals surface area contributed by atoms with Gasteiger partial charge in [0, 0.05) is 6.54 Å². The second-order valence-electron chi connectivity index (χ2n) is 3.91. The van der Waals surface area contributed by atoms with Gasteiger partial charge in [-0.05, 0) is 6.42 Å². The van der Waals surface area contributed by atoms with E-state index in [1.165, 1.54) is 6.92 Å². The van der Waals surface area contributed by atoms with Crippen molar-refractivity contribution in [3.05, 3.63) is 0 Å². The molecule has 0 saturated heterocycles. The quantitative estimate of drug-likeness (QED) is 0.168. The Kier molecular flexibility index (Phi) is 7.37. The summed E-state index contributed by atoms with van der Waals surface area (Å²) < 4.78 is 4.80. The van der Waals surface area contributed by atoms with Crippen LogP contribution in [0.4, 0.5) is 0 Å². The molecule has 114 valence electrons. The van der Waals surface area contributed by atoms with Crippen LogP contribution in [0.3, 0.4) is 0 Å². The lowest BCUT2D eigenvalue weighted by molar-refractivity contribution is -0.366.